The summed E-state index contributed by atoms with van der Waals surface area (Å²) in [7, 11) is 0. The molecule has 2 aromatic rings. The lowest BCUT2D eigenvalue weighted by atomic mass is 10.1. The van der Waals surface area contributed by atoms with Crippen molar-refractivity contribution in [1.82, 2.24) is 9.78 Å². The summed E-state index contributed by atoms with van der Waals surface area (Å²) in [6.07, 6.45) is 0.417. The quantitative estimate of drug-likeness (QED) is 0.913. The van der Waals surface area contributed by atoms with Crippen LogP contribution in [0.5, 0.6) is 0 Å². The van der Waals surface area contributed by atoms with Crippen molar-refractivity contribution in [3.63, 3.8) is 0 Å². The van der Waals surface area contributed by atoms with Crippen LogP contribution in [-0.4, -0.2) is 20.9 Å². The Bertz CT molecular complexity index is 678. The average molecular weight is 331 g/mol. The molecule has 0 saturated carbocycles. The van der Waals surface area contributed by atoms with Gasteiger partial charge in [-0.05, 0) is 24.5 Å². The topological polar surface area (TPSA) is 55.1 Å². The fourth-order valence-corrected chi connectivity index (χ4v) is 2.58. The Morgan fingerprint density at radius 3 is 2.62 bits per heavy atom. The Balaban J connectivity index is 2.68. The van der Waals surface area contributed by atoms with Gasteiger partial charge in [-0.15, -0.1) is 0 Å². The number of hydrogen-bond donors (Lipinski definition) is 1. The van der Waals surface area contributed by atoms with Gasteiger partial charge in [0.05, 0.1) is 10.7 Å². The minimum absolute atomic E-state index is 0.0540. The summed E-state index contributed by atoms with van der Waals surface area (Å²) >= 11 is 12.1. The molecule has 0 unspecified atom stereocenters. The van der Waals surface area contributed by atoms with Crippen LogP contribution in [0.1, 0.15) is 29.9 Å². The van der Waals surface area contributed by atoms with Crippen molar-refractivity contribution >= 4 is 29.2 Å². The highest BCUT2D eigenvalue weighted by atomic mass is 35.5. The molecule has 0 fully saturated rings. The molecule has 0 aliphatic heterocycles. The van der Waals surface area contributed by atoms with Crippen LogP contribution in [0.4, 0.5) is 4.39 Å². The van der Waals surface area contributed by atoms with Gasteiger partial charge in [-0.1, -0.05) is 43.1 Å². The fourth-order valence-electron chi connectivity index (χ4n) is 2.02. The number of hydrogen-bond acceptors (Lipinski definition) is 2. The van der Waals surface area contributed by atoms with Crippen LogP contribution < -0.4 is 0 Å². The van der Waals surface area contributed by atoms with E-state index in [2.05, 4.69) is 5.10 Å². The maximum absolute atomic E-state index is 14.0. The van der Waals surface area contributed by atoms with Crippen molar-refractivity contribution in [2.24, 2.45) is 5.92 Å². The Morgan fingerprint density at radius 2 is 2.10 bits per heavy atom. The second-order valence-electron chi connectivity index (χ2n) is 5.00. The summed E-state index contributed by atoms with van der Waals surface area (Å²) in [4.78, 5) is 11.4. The Kier molecular flexibility index (Phi) is 4.54. The predicted molar refractivity (Wildman–Crippen MR) is 79.0 cm³/mol. The molecular weight excluding hydrogens is 318 g/mol. The maximum Gasteiger partial charge on any atom is 0.340 e. The summed E-state index contributed by atoms with van der Waals surface area (Å²) in [5.74, 6) is -1.65. The molecule has 0 atom stereocenters. The van der Waals surface area contributed by atoms with Crippen LogP contribution in [-0.2, 0) is 6.42 Å². The highest BCUT2D eigenvalue weighted by Gasteiger charge is 2.25. The van der Waals surface area contributed by atoms with Crippen LogP contribution in [0.25, 0.3) is 5.69 Å². The maximum atomic E-state index is 14.0. The highest BCUT2D eigenvalue weighted by molar-refractivity contribution is 6.34. The normalized spacial score (nSPS) is 11.1. The minimum Gasteiger partial charge on any atom is -0.478 e. The number of carbonyl (C=O) groups is 1. The van der Waals surface area contributed by atoms with Gasteiger partial charge in [-0.3, -0.25) is 0 Å². The van der Waals surface area contributed by atoms with E-state index in [1.165, 1.54) is 18.2 Å². The first-order valence-corrected chi connectivity index (χ1v) is 7.03. The zero-order chi connectivity index (χ0) is 15.7. The third kappa shape index (κ3) is 3.04. The van der Waals surface area contributed by atoms with Crippen molar-refractivity contribution in [2.75, 3.05) is 0 Å². The van der Waals surface area contributed by atoms with E-state index in [1.54, 1.807) is 0 Å². The van der Waals surface area contributed by atoms with Crippen molar-refractivity contribution < 1.29 is 14.3 Å². The van der Waals surface area contributed by atoms with Crippen LogP contribution in [0.2, 0.25) is 10.2 Å². The molecule has 0 aliphatic carbocycles. The third-order valence-electron chi connectivity index (χ3n) is 2.87. The molecule has 0 bridgehead atoms. The van der Waals surface area contributed by atoms with E-state index in [-0.39, 0.29) is 27.3 Å². The number of nitrogens with zero attached hydrogens (tertiary/aromatic N) is 2. The molecule has 0 saturated heterocycles. The molecule has 1 aromatic carbocycles. The molecule has 0 spiro atoms. The van der Waals surface area contributed by atoms with E-state index in [9.17, 15) is 14.3 Å². The SMILES string of the molecule is CC(C)Cc1nn(-c2c(F)cccc2Cl)c(Cl)c1C(=O)O. The van der Waals surface area contributed by atoms with E-state index < -0.39 is 11.8 Å². The van der Waals surface area contributed by atoms with Crippen molar-refractivity contribution in [1.29, 1.82) is 0 Å². The van der Waals surface area contributed by atoms with Gasteiger partial charge in [-0.2, -0.15) is 5.10 Å². The molecule has 21 heavy (non-hydrogen) atoms. The number of para-hydroxylation sites is 1. The van der Waals surface area contributed by atoms with Gasteiger partial charge < -0.3 is 5.11 Å². The van der Waals surface area contributed by atoms with Crippen LogP contribution in [0.15, 0.2) is 18.2 Å². The number of aromatic carboxylic acids is 1. The van der Waals surface area contributed by atoms with Crippen LogP contribution in [0.3, 0.4) is 0 Å². The van der Waals surface area contributed by atoms with Gasteiger partial charge in [0, 0.05) is 0 Å². The molecular formula is C14H13Cl2FN2O2. The van der Waals surface area contributed by atoms with E-state index >= 15 is 0 Å². The lowest BCUT2D eigenvalue weighted by Gasteiger charge is -2.06. The highest BCUT2D eigenvalue weighted by Crippen LogP contribution is 2.30. The van der Waals surface area contributed by atoms with Gasteiger partial charge in [-0.25, -0.2) is 13.9 Å². The van der Waals surface area contributed by atoms with Crippen molar-refractivity contribution in [3.05, 3.63) is 45.4 Å². The number of halogens is 3. The zero-order valence-corrected chi connectivity index (χ0v) is 12.9. The lowest BCUT2D eigenvalue weighted by molar-refractivity contribution is 0.0695. The molecule has 1 aromatic heterocycles. The Hall–Kier alpha value is -1.59. The fraction of sp³-hybridized carbons (Fsp3) is 0.286. The van der Waals surface area contributed by atoms with Gasteiger partial charge in [0.2, 0.25) is 0 Å². The molecule has 1 N–H and O–H groups in total. The Labute approximate surface area is 131 Å². The molecule has 7 heteroatoms. The number of rotatable bonds is 4. The summed E-state index contributed by atoms with van der Waals surface area (Å²) in [5.41, 5.74) is 0.133. The van der Waals surface area contributed by atoms with E-state index in [0.29, 0.717) is 12.1 Å². The third-order valence-corrected chi connectivity index (χ3v) is 3.52. The molecule has 0 amide bonds. The number of carboxylic acid groups (broad SMARTS) is 1. The smallest absolute Gasteiger partial charge is 0.340 e. The van der Waals surface area contributed by atoms with Crippen molar-refractivity contribution in [3.8, 4) is 5.69 Å². The molecule has 0 aliphatic rings. The number of benzene rings is 1. The Morgan fingerprint density at radius 1 is 1.43 bits per heavy atom. The number of aromatic nitrogens is 2. The van der Waals surface area contributed by atoms with Gasteiger partial charge >= 0.3 is 5.97 Å². The average Bonchev–Trinajstić information content (AvgIpc) is 2.65. The summed E-state index contributed by atoms with van der Waals surface area (Å²) in [6.45, 7) is 3.85. The molecule has 4 nitrogen and oxygen atoms in total. The molecule has 1 heterocycles. The second kappa shape index (κ2) is 6.03. The summed E-state index contributed by atoms with van der Waals surface area (Å²) in [6, 6.07) is 4.15. The monoisotopic (exact) mass is 330 g/mol. The standard InChI is InChI=1S/C14H13Cl2FN2O2/c1-7(2)6-10-11(14(20)21)13(16)19(18-10)12-8(15)4-3-5-9(12)17/h3-5,7H,6H2,1-2H3,(H,20,21). The zero-order valence-electron chi connectivity index (χ0n) is 11.4. The van der Waals surface area contributed by atoms with Gasteiger partial charge in [0.25, 0.3) is 0 Å². The van der Waals surface area contributed by atoms with Gasteiger partial charge in [0.15, 0.2) is 0 Å². The van der Waals surface area contributed by atoms with E-state index in [0.717, 1.165) is 4.68 Å². The van der Waals surface area contributed by atoms with Crippen LogP contribution >= 0.6 is 23.2 Å². The minimum atomic E-state index is -1.20. The first-order chi connectivity index (χ1) is 9.82. The summed E-state index contributed by atoms with van der Waals surface area (Å²) < 4.78 is 15.0. The first kappa shape index (κ1) is 15.8. The molecule has 2 rings (SSSR count). The number of carboxylic acids is 1. The first-order valence-electron chi connectivity index (χ1n) is 6.28. The largest absolute Gasteiger partial charge is 0.478 e. The molecule has 0 radical (unpaired) electrons. The van der Waals surface area contributed by atoms with Gasteiger partial charge in [0.1, 0.15) is 22.2 Å². The summed E-state index contributed by atoms with van der Waals surface area (Å²) in [5, 5.41) is 13.4. The lowest BCUT2D eigenvalue weighted by Crippen LogP contribution is -2.04. The van der Waals surface area contributed by atoms with Crippen molar-refractivity contribution in [2.45, 2.75) is 20.3 Å². The second-order valence-corrected chi connectivity index (χ2v) is 5.76. The van der Waals surface area contributed by atoms with E-state index in [4.69, 9.17) is 23.2 Å². The van der Waals surface area contributed by atoms with E-state index in [1.807, 2.05) is 13.8 Å². The predicted octanol–water partition coefficient (Wildman–Crippen LogP) is 4.21. The van der Waals surface area contributed by atoms with Crippen LogP contribution in [0, 0.1) is 11.7 Å². The molecule has 112 valence electrons.